The quantitative estimate of drug-likeness (QED) is 0.639. The molecular weight excluding hydrogens is 429 g/mol. The largest absolute Gasteiger partial charge is 0.320 e. The van der Waals surface area contributed by atoms with Crippen LogP contribution in [0.5, 0.6) is 0 Å². The minimum Gasteiger partial charge on any atom is -0.320 e. The van der Waals surface area contributed by atoms with Crippen LogP contribution in [0.2, 0.25) is 0 Å². The fourth-order valence-corrected chi connectivity index (χ4v) is 2.69. The van der Waals surface area contributed by atoms with E-state index in [1.807, 2.05) is 12.1 Å². The summed E-state index contributed by atoms with van der Waals surface area (Å²) in [4.78, 5) is 12.3. The lowest BCUT2D eigenvalue weighted by Crippen LogP contribution is -2.15. The Morgan fingerprint density at radius 3 is 2.61 bits per heavy atom. The Balaban J connectivity index is 1.93. The molecule has 0 bridgehead atoms. The summed E-state index contributed by atoms with van der Waals surface area (Å²) in [6.45, 7) is 0. The van der Waals surface area contributed by atoms with Crippen LogP contribution in [0.15, 0.2) is 63.8 Å². The van der Waals surface area contributed by atoms with Crippen LogP contribution in [0.4, 0.5) is 10.1 Å². The molecule has 0 fully saturated rings. The molecule has 0 saturated heterocycles. The number of carbonyl (C=O) groups excluding carboxylic acids is 1. The molecule has 1 aromatic heterocycles. The first-order valence-corrected chi connectivity index (χ1v) is 8.19. The third-order valence-corrected chi connectivity index (χ3v) is 4.03. The second-order valence-corrected chi connectivity index (χ2v) is 6.53. The van der Waals surface area contributed by atoms with E-state index in [2.05, 4.69) is 42.3 Å². The van der Waals surface area contributed by atoms with Crippen molar-refractivity contribution in [3.05, 3.63) is 75.2 Å². The van der Waals surface area contributed by atoms with Crippen molar-refractivity contribution in [1.29, 1.82) is 0 Å². The summed E-state index contributed by atoms with van der Waals surface area (Å²) in [6, 6.07) is 11.5. The number of rotatable bonds is 3. The summed E-state index contributed by atoms with van der Waals surface area (Å²) in [5, 5.41) is 6.92. The van der Waals surface area contributed by atoms with E-state index in [1.165, 1.54) is 12.1 Å². The number of benzene rings is 2. The highest BCUT2D eigenvalue weighted by molar-refractivity contribution is 9.10. The third-order valence-electron chi connectivity index (χ3n) is 3.13. The van der Waals surface area contributed by atoms with Crippen molar-refractivity contribution in [1.82, 2.24) is 9.78 Å². The van der Waals surface area contributed by atoms with Gasteiger partial charge in [0.15, 0.2) is 0 Å². The van der Waals surface area contributed by atoms with Crippen molar-refractivity contribution in [3.63, 3.8) is 0 Å². The molecule has 4 nitrogen and oxygen atoms in total. The number of hydrogen-bond acceptors (Lipinski definition) is 2. The summed E-state index contributed by atoms with van der Waals surface area (Å²) in [5.74, 6) is -1.11. The Labute approximate surface area is 148 Å². The van der Waals surface area contributed by atoms with Gasteiger partial charge in [0.1, 0.15) is 5.82 Å². The minimum atomic E-state index is -0.587. The van der Waals surface area contributed by atoms with E-state index in [-0.39, 0.29) is 5.56 Å². The molecule has 1 amide bonds. The first kappa shape index (κ1) is 15.9. The van der Waals surface area contributed by atoms with Crippen molar-refractivity contribution in [3.8, 4) is 5.69 Å². The van der Waals surface area contributed by atoms with E-state index in [0.29, 0.717) is 15.8 Å². The average molecular weight is 439 g/mol. The van der Waals surface area contributed by atoms with Gasteiger partial charge in [0, 0.05) is 10.7 Å². The maximum atomic E-state index is 13.9. The second kappa shape index (κ2) is 6.64. The Morgan fingerprint density at radius 1 is 1.13 bits per heavy atom. The lowest BCUT2D eigenvalue weighted by molar-refractivity contribution is 0.102. The van der Waals surface area contributed by atoms with E-state index in [0.717, 1.165) is 4.47 Å². The van der Waals surface area contributed by atoms with E-state index < -0.39 is 11.7 Å². The molecule has 0 saturated carbocycles. The normalized spacial score (nSPS) is 10.6. The van der Waals surface area contributed by atoms with Gasteiger partial charge >= 0.3 is 0 Å². The van der Waals surface area contributed by atoms with E-state index in [9.17, 15) is 9.18 Å². The van der Waals surface area contributed by atoms with Gasteiger partial charge in [-0.25, -0.2) is 9.07 Å². The van der Waals surface area contributed by atoms with E-state index in [1.54, 1.807) is 35.3 Å². The monoisotopic (exact) mass is 437 g/mol. The van der Waals surface area contributed by atoms with Gasteiger partial charge in [-0.3, -0.25) is 4.79 Å². The van der Waals surface area contributed by atoms with Crippen molar-refractivity contribution in [2.24, 2.45) is 0 Å². The minimum absolute atomic E-state index is 0.0235. The number of anilines is 1. The molecule has 2 aromatic carbocycles. The van der Waals surface area contributed by atoms with E-state index in [4.69, 9.17) is 0 Å². The molecule has 0 aliphatic heterocycles. The number of nitrogens with one attached hydrogen (secondary N) is 1. The molecular formula is C16H10Br2FN3O. The summed E-state index contributed by atoms with van der Waals surface area (Å²) < 4.78 is 16.9. The number of aromatic nitrogens is 2. The molecule has 1 N–H and O–H groups in total. The highest BCUT2D eigenvalue weighted by atomic mass is 79.9. The highest BCUT2D eigenvalue weighted by Gasteiger charge is 2.14. The van der Waals surface area contributed by atoms with Gasteiger partial charge in [-0.2, -0.15) is 5.10 Å². The van der Waals surface area contributed by atoms with Crippen LogP contribution in [0, 0.1) is 5.82 Å². The van der Waals surface area contributed by atoms with Gasteiger partial charge in [0.2, 0.25) is 0 Å². The topological polar surface area (TPSA) is 46.9 Å². The third kappa shape index (κ3) is 3.51. The number of para-hydroxylation sites is 2. The Hall–Kier alpha value is -1.99. The molecule has 0 radical (unpaired) electrons. The molecule has 7 heteroatoms. The maximum Gasteiger partial charge on any atom is 0.258 e. The van der Waals surface area contributed by atoms with Gasteiger partial charge in [-0.1, -0.05) is 28.1 Å². The summed E-state index contributed by atoms with van der Waals surface area (Å²) in [6.07, 6.45) is 3.41. The van der Waals surface area contributed by atoms with Gasteiger partial charge in [0.25, 0.3) is 5.91 Å². The van der Waals surface area contributed by atoms with Crippen LogP contribution >= 0.6 is 31.9 Å². The Bertz CT molecular complexity index is 879. The number of halogens is 3. The van der Waals surface area contributed by atoms with Crippen molar-refractivity contribution in [2.45, 2.75) is 0 Å². The highest BCUT2D eigenvalue weighted by Crippen LogP contribution is 2.23. The first-order chi connectivity index (χ1) is 11.0. The zero-order chi connectivity index (χ0) is 16.4. The molecule has 0 aliphatic rings. The molecule has 3 aromatic rings. The van der Waals surface area contributed by atoms with Gasteiger partial charge < -0.3 is 5.32 Å². The summed E-state index contributed by atoms with van der Waals surface area (Å²) >= 11 is 6.50. The van der Waals surface area contributed by atoms with Gasteiger partial charge in [-0.05, 0) is 46.3 Å². The van der Waals surface area contributed by atoms with Crippen LogP contribution in [-0.4, -0.2) is 15.7 Å². The molecule has 23 heavy (non-hydrogen) atoms. The summed E-state index contributed by atoms with van der Waals surface area (Å²) in [7, 11) is 0. The van der Waals surface area contributed by atoms with Gasteiger partial charge in [-0.15, -0.1) is 0 Å². The molecule has 0 aliphatic carbocycles. The Kier molecular flexibility index (Phi) is 4.58. The van der Waals surface area contributed by atoms with Crippen LogP contribution in [0.3, 0.4) is 0 Å². The number of amides is 1. The Morgan fingerprint density at radius 2 is 1.91 bits per heavy atom. The van der Waals surface area contributed by atoms with E-state index >= 15 is 0 Å². The number of nitrogens with zero attached hydrogens (tertiary/aromatic N) is 2. The fraction of sp³-hybridized carbons (Fsp3) is 0. The van der Waals surface area contributed by atoms with Crippen molar-refractivity contribution in [2.75, 3.05) is 5.32 Å². The van der Waals surface area contributed by atoms with Crippen molar-refractivity contribution < 1.29 is 9.18 Å². The summed E-state index contributed by atoms with van der Waals surface area (Å²) in [5.41, 5.74) is 1.20. The lowest BCUT2D eigenvalue weighted by atomic mass is 10.2. The number of carbonyl (C=O) groups is 1. The zero-order valence-electron chi connectivity index (χ0n) is 11.6. The second-order valence-electron chi connectivity index (χ2n) is 4.70. The molecule has 0 spiro atoms. The molecule has 0 unspecified atom stereocenters. The molecule has 1 heterocycles. The van der Waals surface area contributed by atoms with Crippen LogP contribution in [-0.2, 0) is 0 Å². The van der Waals surface area contributed by atoms with Crippen LogP contribution in [0.25, 0.3) is 5.69 Å². The van der Waals surface area contributed by atoms with Crippen LogP contribution in [0.1, 0.15) is 10.4 Å². The fourth-order valence-electron chi connectivity index (χ4n) is 2.07. The zero-order valence-corrected chi connectivity index (χ0v) is 14.8. The predicted octanol–water partition coefficient (Wildman–Crippen LogP) is 4.79. The average Bonchev–Trinajstić information content (AvgIpc) is 2.94. The number of hydrogen-bond donors (Lipinski definition) is 1. The molecule has 0 atom stereocenters. The first-order valence-electron chi connectivity index (χ1n) is 6.60. The standard InChI is InChI=1S/C16H10Br2FN3O/c17-10-5-6-12(13(19)7-10)16(23)21-14-3-1-2-4-15(14)22-9-11(18)8-20-22/h1-9H,(H,21,23). The molecule has 3 rings (SSSR count). The smallest absolute Gasteiger partial charge is 0.258 e. The molecule has 116 valence electrons. The van der Waals surface area contributed by atoms with Crippen LogP contribution < -0.4 is 5.32 Å². The maximum absolute atomic E-state index is 13.9. The van der Waals surface area contributed by atoms with Crippen molar-refractivity contribution >= 4 is 43.5 Å². The lowest BCUT2D eigenvalue weighted by Gasteiger charge is -2.11. The van der Waals surface area contributed by atoms with Gasteiger partial charge in [0.05, 0.1) is 27.6 Å². The predicted molar refractivity (Wildman–Crippen MR) is 93.3 cm³/mol. The SMILES string of the molecule is O=C(Nc1ccccc1-n1cc(Br)cn1)c1ccc(Br)cc1F.